The highest BCUT2D eigenvalue weighted by Gasteiger charge is 2.36. The lowest BCUT2D eigenvalue weighted by atomic mass is 10.1. The fraction of sp³-hybridized carbons (Fsp3) is 0.154. The standard InChI is InChI=1S/C26H20Cl2N2O6/c1-14(23(31)29-21-12-18(28)8-10-22(21)35-2)36-26(34)16-5-9-19-20(11-16)25(33)30(24(19)32)13-15-3-6-17(27)7-4-15/h3-12,14H,13H2,1-2H3,(H,29,31). The lowest BCUT2D eigenvalue weighted by molar-refractivity contribution is -0.123. The van der Waals surface area contributed by atoms with Gasteiger partial charge in [-0.05, 0) is 61.0 Å². The maximum atomic E-state index is 12.9. The summed E-state index contributed by atoms with van der Waals surface area (Å²) in [6.07, 6.45) is -1.17. The number of carbonyl (C=O) groups is 4. The first-order chi connectivity index (χ1) is 17.2. The fourth-order valence-electron chi connectivity index (χ4n) is 3.63. The van der Waals surface area contributed by atoms with Gasteiger partial charge >= 0.3 is 5.97 Å². The van der Waals surface area contributed by atoms with Crippen molar-refractivity contribution >= 4 is 52.6 Å². The summed E-state index contributed by atoms with van der Waals surface area (Å²) in [5, 5.41) is 3.53. The third kappa shape index (κ3) is 5.19. The molecule has 0 saturated heterocycles. The molecule has 1 unspecified atom stereocenters. The maximum absolute atomic E-state index is 12.9. The number of nitrogens with zero attached hydrogens (tertiary/aromatic N) is 1. The first-order valence-corrected chi connectivity index (χ1v) is 11.5. The van der Waals surface area contributed by atoms with Gasteiger partial charge in [0.05, 0.1) is 36.0 Å². The highest BCUT2D eigenvalue weighted by molar-refractivity contribution is 6.31. The number of benzene rings is 3. The number of ether oxygens (including phenoxy) is 2. The largest absolute Gasteiger partial charge is 0.495 e. The molecule has 3 aromatic rings. The van der Waals surface area contributed by atoms with Gasteiger partial charge in [0, 0.05) is 10.0 Å². The number of carbonyl (C=O) groups excluding carboxylic acids is 4. The summed E-state index contributed by atoms with van der Waals surface area (Å²) in [5.41, 5.74) is 1.35. The third-order valence-electron chi connectivity index (χ3n) is 5.53. The molecule has 1 aliphatic rings. The smallest absolute Gasteiger partial charge is 0.338 e. The van der Waals surface area contributed by atoms with Gasteiger partial charge in [-0.15, -0.1) is 0 Å². The van der Waals surface area contributed by atoms with Crippen LogP contribution in [0.2, 0.25) is 10.0 Å². The summed E-state index contributed by atoms with van der Waals surface area (Å²) in [4.78, 5) is 52.1. The van der Waals surface area contributed by atoms with Crippen molar-refractivity contribution in [3.8, 4) is 5.75 Å². The number of anilines is 1. The summed E-state index contributed by atoms with van der Waals surface area (Å²) in [6.45, 7) is 1.47. The molecule has 0 saturated carbocycles. The first kappa shape index (κ1) is 25.2. The van der Waals surface area contributed by atoms with Crippen molar-refractivity contribution in [1.82, 2.24) is 4.90 Å². The zero-order valence-electron chi connectivity index (χ0n) is 19.2. The number of imide groups is 1. The van der Waals surface area contributed by atoms with Gasteiger partial charge < -0.3 is 14.8 Å². The fourth-order valence-corrected chi connectivity index (χ4v) is 3.93. The SMILES string of the molecule is COc1ccc(Cl)cc1NC(=O)C(C)OC(=O)c1ccc2c(c1)C(=O)N(Cc1ccc(Cl)cc1)C2=O. The molecule has 0 aliphatic carbocycles. The molecule has 36 heavy (non-hydrogen) atoms. The molecule has 3 amide bonds. The predicted octanol–water partition coefficient (Wildman–Crippen LogP) is 4.98. The molecule has 3 aromatic carbocycles. The number of rotatable bonds is 7. The van der Waals surface area contributed by atoms with Crippen LogP contribution in [0.15, 0.2) is 60.7 Å². The number of halogens is 2. The van der Waals surface area contributed by atoms with Crippen LogP contribution in [0, 0.1) is 0 Å². The van der Waals surface area contributed by atoms with E-state index in [-0.39, 0.29) is 23.2 Å². The molecule has 0 radical (unpaired) electrons. The summed E-state index contributed by atoms with van der Waals surface area (Å²) < 4.78 is 10.5. The van der Waals surface area contributed by atoms with Gasteiger partial charge in [0.1, 0.15) is 5.75 Å². The Kier molecular flexibility index (Phi) is 7.28. The van der Waals surface area contributed by atoms with E-state index in [0.717, 1.165) is 10.5 Å². The lowest BCUT2D eigenvalue weighted by Crippen LogP contribution is -2.30. The molecule has 1 heterocycles. The minimum absolute atomic E-state index is 0.0308. The van der Waals surface area contributed by atoms with Crippen LogP contribution in [0.3, 0.4) is 0 Å². The monoisotopic (exact) mass is 526 g/mol. The Bertz CT molecular complexity index is 1370. The van der Waals surface area contributed by atoms with Gasteiger partial charge in [-0.1, -0.05) is 35.3 Å². The second-order valence-corrected chi connectivity index (χ2v) is 8.84. The number of fused-ring (bicyclic) bond motifs is 1. The Hall–Kier alpha value is -3.88. The topological polar surface area (TPSA) is 102 Å². The molecule has 0 spiro atoms. The van der Waals surface area contributed by atoms with E-state index in [2.05, 4.69) is 5.32 Å². The summed E-state index contributed by atoms with van der Waals surface area (Å²) in [7, 11) is 1.44. The highest BCUT2D eigenvalue weighted by Crippen LogP contribution is 2.29. The van der Waals surface area contributed by atoms with Crippen LogP contribution in [0.4, 0.5) is 5.69 Å². The average molecular weight is 527 g/mol. The summed E-state index contributed by atoms with van der Waals surface area (Å²) in [5.74, 6) is -2.04. The van der Waals surface area contributed by atoms with Crippen LogP contribution in [0.25, 0.3) is 0 Å². The van der Waals surface area contributed by atoms with Crippen LogP contribution in [0.5, 0.6) is 5.75 Å². The van der Waals surface area contributed by atoms with E-state index in [1.807, 2.05) is 0 Å². The van der Waals surface area contributed by atoms with Crippen molar-refractivity contribution in [2.45, 2.75) is 19.6 Å². The van der Waals surface area contributed by atoms with Crippen molar-refractivity contribution < 1.29 is 28.7 Å². The number of hydrogen-bond donors (Lipinski definition) is 1. The van der Waals surface area contributed by atoms with Crippen molar-refractivity contribution in [3.63, 3.8) is 0 Å². The zero-order valence-corrected chi connectivity index (χ0v) is 20.7. The van der Waals surface area contributed by atoms with Crippen molar-refractivity contribution in [1.29, 1.82) is 0 Å². The highest BCUT2D eigenvalue weighted by atomic mass is 35.5. The number of hydrogen-bond acceptors (Lipinski definition) is 6. The van der Waals surface area contributed by atoms with Gasteiger partial charge in [-0.2, -0.15) is 0 Å². The van der Waals surface area contributed by atoms with E-state index in [0.29, 0.717) is 21.5 Å². The number of esters is 1. The molecule has 0 aromatic heterocycles. The number of amides is 3. The van der Waals surface area contributed by atoms with Crippen LogP contribution in [-0.4, -0.2) is 41.8 Å². The van der Waals surface area contributed by atoms with E-state index in [4.69, 9.17) is 32.7 Å². The first-order valence-electron chi connectivity index (χ1n) is 10.8. The molecular formula is C26H20Cl2N2O6. The van der Waals surface area contributed by atoms with Gasteiger partial charge in [-0.25, -0.2) is 4.79 Å². The zero-order chi connectivity index (χ0) is 26.0. The molecule has 1 aliphatic heterocycles. The third-order valence-corrected chi connectivity index (χ3v) is 6.02. The number of methoxy groups -OCH3 is 1. The molecule has 4 rings (SSSR count). The van der Waals surface area contributed by atoms with Crippen LogP contribution < -0.4 is 10.1 Å². The normalized spacial score (nSPS) is 13.3. The Morgan fingerprint density at radius 1 is 0.917 bits per heavy atom. The lowest BCUT2D eigenvalue weighted by Gasteiger charge is -2.15. The molecule has 10 heteroatoms. The minimum Gasteiger partial charge on any atom is -0.495 e. The minimum atomic E-state index is -1.17. The Balaban J connectivity index is 1.45. The van der Waals surface area contributed by atoms with Crippen LogP contribution >= 0.6 is 23.2 Å². The summed E-state index contributed by atoms with van der Waals surface area (Å²) >= 11 is 11.9. The van der Waals surface area contributed by atoms with Crippen LogP contribution in [-0.2, 0) is 16.1 Å². The molecule has 8 nitrogen and oxygen atoms in total. The molecule has 0 bridgehead atoms. The second-order valence-electron chi connectivity index (χ2n) is 7.96. The van der Waals surface area contributed by atoms with E-state index in [1.54, 1.807) is 36.4 Å². The quantitative estimate of drug-likeness (QED) is 0.344. The Labute approximate surface area is 216 Å². The van der Waals surface area contributed by atoms with E-state index in [9.17, 15) is 19.2 Å². The van der Waals surface area contributed by atoms with Gasteiger partial charge in [0.15, 0.2) is 6.10 Å². The maximum Gasteiger partial charge on any atom is 0.338 e. The van der Waals surface area contributed by atoms with Gasteiger partial charge in [-0.3, -0.25) is 19.3 Å². The molecule has 1 atom stereocenters. The Morgan fingerprint density at radius 3 is 2.28 bits per heavy atom. The molecular weight excluding hydrogens is 507 g/mol. The number of nitrogens with one attached hydrogen (secondary N) is 1. The molecule has 184 valence electrons. The van der Waals surface area contributed by atoms with Gasteiger partial charge in [0.2, 0.25) is 0 Å². The van der Waals surface area contributed by atoms with Crippen molar-refractivity contribution in [3.05, 3.63) is 93.0 Å². The van der Waals surface area contributed by atoms with Crippen molar-refractivity contribution in [2.75, 3.05) is 12.4 Å². The average Bonchev–Trinajstić information content (AvgIpc) is 3.09. The molecule has 0 fully saturated rings. The van der Waals surface area contributed by atoms with E-state index >= 15 is 0 Å². The molecule has 1 N–H and O–H groups in total. The van der Waals surface area contributed by atoms with Gasteiger partial charge in [0.25, 0.3) is 17.7 Å². The van der Waals surface area contributed by atoms with E-state index < -0.39 is 29.8 Å². The summed E-state index contributed by atoms with van der Waals surface area (Å²) in [6, 6.07) is 15.6. The second kappa shape index (κ2) is 10.4. The van der Waals surface area contributed by atoms with Crippen LogP contribution in [0.1, 0.15) is 43.6 Å². The van der Waals surface area contributed by atoms with E-state index in [1.165, 1.54) is 38.3 Å². The Morgan fingerprint density at radius 2 is 1.58 bits per heavy atom. The van der Waals surface area contributed by atoms with Crippen molar-refractivity contribution in [2.24, 2.45) is 0 Å². The predicted molar refractivity (Wildman–Crippen MR) is 134 cm³/mol.